The highest BCUT2D eigenvalue weighted by molar-refractivity contribution is 7.98. The van der Waals surface area contributed by atoms with Gasteiger partial charge in [0.15, 0.2) is 0 Å². The van der Waals surface area contributed by atoms with Crippen LogP contribution >= 0.6 is 11.8 Å². The summed E-state index contributed by atoms with van der Waals surface area (Å²) in [6.45, 7) is 3.88. The Morgan fingerprint density at radius 2 is 2.00 bits per heavy atom. The first-order chi connectivity index (χ1) is 9.69. The minimum Gasteiger partial charge on any atom is -0.352 e. The van der Waals surface area contributed by atoms with Crippen LogP contribution in [0.1, 0.15) is 25.3 Å². The molecule has 1 amide bonds. The molecule has 110 valence electrons. The lowest BCUT2D eigenvalue weighted by atomic mass is 9.72. The van der Waals surface area contributed by atoms with Gasteiger partial charge in [-0.3, -0.25) is 4.79 Å². The van der Waals surface area contributed by atoms with Crippen LogP contribution in [-0.4, -0.2) is 37.0 Å². The van der Waals surface area contributed by atoms with Crippen LogP contribution in [0.3, 0.4) is 0 Å². The summed E-state index contributed by atoms with van der Waals surface area (Å²) in [6, 6.07) is 10.4. The van der Waals surface area contributed by atoms with Crippen LogP contribution in [0.25, 0.3) is 0 Å². The molecule has 2 N–H and O–H groups in total. The van der Waals surface area contributed by atoms with Crippen molar-refractivity contribution in [3.05, 3.63) is 35.9 Å². The van der Waals surface area contributed by atoms with Crippen LogP contribution in [-0.2, 0) is 10.2 Å². The maximum Gasteiger partial charge on any atom is 0.230 e. The van der Waals surface area contributed by atoms with Crippen molar-refractivity contribution >= 4 is 17.7 Å². The molecule has 0 bridgehead atoms. The second-order valence-corrected chi connectivity index (χ2v) is 6.44. The summed E-state index contributed by atoms with van der Waals surface area (Å²) in [4.78, 5) is 12.9. The lowest BCUT2D eigenvalue weighted by molar-refractivity contribution is -0.128. The van der Waals surface area contributed by atoms with Gasteiger partial charge >= 0.3 is 0 Å². The maximum absolute atomic E-state index is 12.9. The molecule has 0 spiro atoms. The minimum absolute atomic E-state index is 0.187. The topological polar surface area (TPSA) is 41.1 Å². The molecule has 1 heterocycles. The third-order valence-electron chi connectivity index (χ3n) is 4.01. The number of piperidine rings is 1. The largest absolute Gasteiger partial charge is 0.352 e. The van der Waals surface area contributed by atoms with Crippen LogP contribution in [0.2, 0.25) is 0 Å². The zero-order valence-electron chi connectivity index (χ0n) is 12.3. The molecular formula is C16H24N2OS. The van der Waals surface area contributed by atoms with Gasteiger partial charge in [0.2, 0.25) is 5.91 Å². The van der Waals surface area contributed by atoms with Gasteiger partial charge in [-0.2, -0.15) is 11.8 Å². The number of carbonyl (C=O) groups is 1. The molecule has 1 fully saturated rings. The van der Waals surface area contributed by atoms with Crippen LogP contribution < -0.4 is 10.6 Å². The monoisotopic (exact) mass is 292 g/mol. The number of carbonyl (C=O) groups excluding carboxylic acids is 1. The first-order valence-electron chi connectivity index (χ1n) is 7.25. The molecule has 3 nitrogen and oxygen atoms in total. The van der Waals surface area contributed by atoms with Gasteiger partial charge in [-0.1, -0.05) is 30.3 Å². The Morgan fingerprint density at radius 3 is 2.60 bits per heavy atom. The minimum atomic E-state index is -0.362. The summed E-state index contributed by atoms with van der Waals surface area (Å²) in [5, 5.41) is 6.56. The van der Waals surface area contributed by atoms with Gasteiger partial charge in [-0.25, -0.2) is 0 Å². The average molecular weight is 292 g/mol. The van der Waals surface area contributed by atoms with E-state index in [0.717, 1.165) is 37.2 Å². The van der Waals surface area contributed by atoms with Gasteiger partial charge in [0, 0.05) is 11.8 Å². The SMILES string of the molecule is CSCC(C)NC(=O)C1(c2ccccc2)CCNCC1. The molecule has 1 aromatic rings. The number of rotatable bonds is 5. The van der Waals surface area contributed by atoms with E-state index in [1.165, 1.54) is 0 Å². The fourth-order valence-corrected chi connectivity index (χ4v) is 3.49. The summed E-state index contributed by atoms with van der Waals surface area (Å²) in [6.07, 6.45) is 3.81. The molecule has 0 radical (unpaired) electrons. The standard InChI is InChI=1S/C16H24N2OS/c1-13(12-20-2)18-15(19)16(8-10-17-11-9-16)14-6-4-3-5-7-14/h3-7,13,17H,8-12H2,1-2H3,(H,18,19). The zero-order valence-corrected chi connectivity index (χ0v) is 13.1. The maximum atomic E-state index is 12.9. The lowest BCUT2D eigenvalue weighted by Crippen LogP contribution is -2.52. The predicted octanol–water partition coefficient (Wildman–Crippen LogP) is 2.18. The molecular weight excluding hydrogens is 268 g/mol. The van der Waals surface area contributed by atoms with E-state index in [1.807, 2.05) is 18.2 Å². The molecule has 1 atom stereocenters. The van der Waals surface area contributed by atoms with E-state index >= 15 is 0 Å². The average Bonchev–Trinajstić information content (AvgIpc) is 2.49. The molecule has 1 unspecified atom stereocenters. The number of nitrogens with one attached hydrogen (secondary N) is 2. The van der Waals surface area contributed by atoms with E-state index in [-0.39, 0.29) is 17.4 Å². The molecule has 2 rings (SSSR count). The molecule has 1 saturated heterocycles. The molecule has 20 heavy (non-hydrogen) atoms. The van der Waals surface area contributed by atoms with E-state index in [9.17, 15) is 4.79 Å². The molecule has 1 aliphatic rings. The molecule has 0 aromatic heterocycles. The van der Waals surface area contributed by atoms with Gasteiger partial charge < -0.3 is 10.6 Å². The number of amides is 1. The molecule has 4 heteroatoms. The Kier molecular flexibility index (Phi) is 5.49. The normalized spacial score (nSPS) is 19.3. The number of thioether (sulfide) groups is 1. The Hall–Kier alpha value is -1.00. The summed E-state index contributed by atoms with van der Waals surface area (Å²) < 4.78 is 0. The van der Waals surface area contributed by atoms with Crippen molar-refractivity contribution in [1.82, 2.24) is 10.6 Å². The highest BCUT2D eigenvalue weighted by Crippen LogP contribution is 2.33. The number of hydrogen-bond acceptors (Lipinski definition) is 3. The Bertz CT molecular complexity index is 429. The smallest absolute Gasteiger partial charge is 0.230 e. The van der Waals surface area contributed by atoms with Crippen LogP contribution in [0.5, 0.6) is 0 Å². The summed E-state index contributed by atoms with van der Waals surface area (Å²) in [7, 11) is 0. The summed E-state index contributed by atoms with van der Waals surface area (Å²) >= 11 is 1.77. The third-order valence-corrected chi connectivity index (χ3v) is 4.85. The number of benzene rings is 1. The third kappa shape index (κ3) is 3.36. The van der Waals surface area contributed by atoms with Crippen molar-refractivity contribution < 1.29 is 4.79 Å². The van der Waals surface area contributed by atoms with E-state index in [0.29, 0.717) is 0 Å². The number of hydrogen-bond donors (Lipinski definition) is 2. The molecule has 0 saturated carbocycles. The van der Waals surface area contributed by atoms with E-state index < -0.39 is 0 Å². The first kappa shape index (κ1) is 15.4. The highest BCUT2D eigenvalue weighted by Gasteiger charge is 2.41. The first-order valence-corrected chi connectivity index (χ1v) is 8.64. The Balaban J connectivity index is 2.21. The van der Waals surface area contributed by atoms with Crippen molar-refractivity contribution in [3.63, 3.8) is 0 Å². The van der Waals surface area contributed by atoms with Crippen molar-refractivity contribution in [2.75, 3.05) is 25.1 Å². The van der Waals surface area contributed by atoms with Gasteiger partial charge in [0.25, 0.3) is 0 Å². The lowest BCUT2D eigenvalue weighted by Gasteiger charge is -2.37. The van der Waals surface area contributed by atoms with Gasteiger partial charge in [0.05, 0.1) is 5.41 Å². The Labute approximate surface area is 125 Å². The van der Waals surface area contributed by atoms with E-state index in [4.69, 9.17) is 0 Å². The molecule has 0 aliphatic carbocycles. The van der Waals surface area contributed by atoms with Crippen LogP contribution in [0.4, 0.5) is 0 Å². The van der Waals surface area contributed by atoms with Gasteiger partial charge in [0.1, 0.15) is 0 Å². The van der Waals surface area contributed by atoms with Crippen molar-refractivity contribution in [2.24, 2.45) is 0 Å². The predicted molar refractivity (Wildman–Crippen MR) is 86.2 cm³/mol. The highest BCUT2D eigenvalue weighted by atomic mass is 32.2. The quantitative estimate of drug-likeness (QED) is 0.874. The van der Waals surface area contributed by atoms with Crippen molar-refractivity contribution in [1.29, 1.82) is 0 Å². The second-order valence-electron chi connectivity index (χ2n) is 5.53. The molecule has 1 aromatic carbocycles. The second kappa shape index (κ2) is 7.14. The van der Waals surface area contributed by atoms with E-state index in [2.05, 4.69) is 35.9 Å². The Morgan fingerprint density at radius 1 is 1.35 bits per heavy atom. The summed E-state index contributed by atoms with van der Waals surface area (Å²) in [5.41, 5.74) is 0.787. The van der Waals surface area contributed by atoms with Crippen molar-refractivity contribution in [2.45, 2.75) is 31.2 Å². The zero-order chi connectivity index (χ0) is 14.4. The van der Waals surface area contributed by atoms with Crippen LogP contribution in [0.15, 0.2) is 30.3 Å². The fourth-order valence-electron chi connectivity index (χ4n) is 2.91. The van der Waals surface area contributed by atoms with E-state index in [1.54, 1.807) is 11.8 Å². The molecule has 1 aliphatic heterocycles. The van der Waals surface area contributed by atoms with Crippen LogP contribution in [0, 0.1) is 0 Å². The van der Waals surface area contributed by atoms with Gasteiger partial charge in [-0.05, 0) is 44.7 Å². The summed E-state index contributed by atoms with van der Waals surface area (Å²) in [5.74, 6) is 1.14. The fraction of sp³-hybridized carbons (Fsp3) is 0.562. The van der Waals surface area contributed by atoms with Gasteiger partial charge in [-0.15, -0.1) is 0 Å². The van der Waals surface area contributed by atoms with Crippen molar-refractivity contribution in [3.8, 4) is 0 Å².